The Morgan fingerprint density at radius 2 is 1.59 bits per heavy atom. The highest BCUT2D eigenvalue weighted by molar-refractivity contribution is 6.62. The zero-order chi connectivity index (χ0) is 27.7. The second-order valence-corrected chi connectivity index (χ2v) is 13.5. The number of piperidine rings is 2. The van der Waals surface area contributed by atoms with E-state index in [1.54, 1.807) is 4.90 Å². The van der Waals surface area contributed by atoms with Crippen molar-refractivity contribution in [3.8, 4) is 0 Å². The van der Waals surface area contributed by atoms with Crippen molar-refractivity contribution in [2.24, 2.45) is 0 Å². The molecule has 3 saturated heterocycles. The minimum Gasteiger partial charge on any atom is -0.399 e. The van der Waals surface area contributed by atoms with Crippen molar-refractivity contribution in [1.82, 2.24) is 9.80 Å². The molecule has 0 unspecified atom stereocenters. The van der Waals surface area contributed by atoms with Gasteiger partial charge in [0.15, 0.2) is 0 Å². The molecule has 1 aromatic rings. The maximum atomic E-state index is 14.4. The summed E-state index contributed by atoms with van der Waals surface area (Å²) in [5.74, 6) is -0.0818. The van der Waals surface area contributed by atoms with Crippen LogP contribution in [0, 0.1) is 0 Å². The lowest BCUT2D eigenvalue weighted by molar-refractivity contribution is -0.142. The maximum Gasteiger partial charge on any atom is 0.494 e. The zero-order valence-electron chi connectivity index (χ0n) is 24.2. The molecule has 4 fully saturated rings. The Labute approximate surface area is 233 Å². The summed E-state index contributed by atoms with van der Waals surface area (Å²) in [5.41, 5.74) is 1.49. The summed E-state index contributed by atoms with van der Waals surface area (Å²) in [6, 6.07) is 7.05. The van der Waals surface area contributed by atoms with E-state index in [0.29, 0.717) is 32.0 Å². The first-order valence-electron chi connectivity index (χ1n) is 15.0. The van der Waals surface area contributed by atoms with Crippen LogP contribution in [0.1, 0.15) is 85.1 Å². The number of carbonyl (C=O) groups is 2. The van der Waals surface area contributed by atoms with Gasteiger partial charge in [-0.05, 0) is 103 Å². The molecule has 212 valence electrons. The molecule has 6 rings (SSSR count). The zero-order valence-corrected chi connectivity index (χ0v) is 24.2. The van der Waals surface area contributed by atoms with Crippen LogP contribution < -0.4 is 10.4 Å². The largest absolute Gasteiger partial charge is 0.494 e. The van der Waals surface area contributed by atoms with Gasteiger partial charge in [0.05, 0.1) is 16.6 Å². The molecule has 5 aliphatic rings. The number of anilines is 1. The molecule has 1 spiro atoms. The molecule has 0 aromatic heterocycles. The Balaban J connectivity index is 1.30. The molecule has 4 aliphatic heterocycles. The SMILES string of the molecule is C[C@H](O)C(=O)N1CCC2(CC1)C(=O)N(C1CC(N3CCCCC3)C1)c1cc(B3OC(C)(C)C(C)(C)O3)ccc12. The number of carbonyl (C=O) groups excluding carboxylic acids is 2. The molecular formula is C30H44BN3O5. The molecule has 1 atom stereocenters. The summed E-state index contributed by atoms with van der Waals surface area (Å²) >= 11 is 0. The van der Waals surface area contributed by atoms with Gasteiger partial charge in [0.25, 0.3) is 5.91 Å². The third kappa shape index (κ3) is 4.35. The number of aliphatic hydroxyl groups is 1. The van der Waals surface area contributed by atoms with Gasteiger partial charge >= 0.3 is 7.12 Å². The lowest BCUT2D eigenvalue weighted by Crippen LogP contribution is -2.58. The van der Waals surface area contributed by atoms with Gasteiger partial charge in [0, 0.05) is 30.9 Å². The molecular weight excluding hydrogens is 493 g/mol. The van der Waals surface area contributed by atoms with Crippen molar-refractivity contribution in [3.63, 3.8) is 0 Å². The van der Waals surface area contributed by atoms with Gasteiger partial charge in [-0.25, -0.2) is 0 Å². The van der Waals surface area contributed by atoms with Gasteiger partial charge in [-0.1, -0.05) is 18.6 Å². The molecule has 4 heterocycles. The fraction of sp³-hybridized carbons (Fsp3) is 0.733. The first kappa shape index (κ1) is 27.2. The van der Waals surface area contributed by atoms with Crippen LogP contribution in [0.4, 0.5) is 5.69 Å². The summed E-state index contributed by atoms with van der Waals surface area (Å²) in [6.45, 7) is 13.0. The predicted octanol–water partition coefficient (Wildman–Crippen LogP) is 2.59. The van der Waals surface area contributed by atoms with Crippen LogP contribution in [0.3, 0.4) is 0 Å². The normalized spacial score (nSPS) is 30.4. The first-order valence-corrected chi connectivity index (χ1v) is 15.0. The van der Waals surface area contributed by atoms with E-state index in [1.165, 1.54) is 39.3 Å². The van der Waals surface area contributed by atoms with Gasteiger partial charge in [-0.2, -0.15) is 0 Å². The molecule has 1 N–H and O–H groups in total. The molecule has 9 heteroatoms. The van der Waals surface area contributed by atoms with Crippen LogP contribution in [0.15, 0.2) is 18.2 Å². The number of benzene rings is 1. The number of nitrogens with zero attached hydrogens (tertiary/aromatic N) is 3. The Kier molecular flexibility index (Phi) is 6.69. The van der Waals surface area contributed by atoms with Crippen molar-refractivity contribution in [2.45, 2.75) is 114 Å². The molecule has 0 bridgehead atoms. The number of aliphatic hydroxyl groups excluding tert-OH is 1. The second kappa shape index (κ2) is 9.57. The van der Waals surface area contributed by atoms with Crippen molar-refractivity contribution in [3.05, 3.63) is 23.8 Å². The quantitative estimate of drug-likeness (QED) is 0.595. The second-order valence-electron chi connectivity index (χ2n) is 13.5. The molecule has 2 amide bonds. The van der Waals surface area contributed by atoms with Crippen LogP contribution >= 0.6 is 0 Å². The van der Waals surface area contributed by atoms with Gasteiger partial charge in [-0.15, -0.1) is 0 Å². The summed E-state index contributed by atoms with van der Waals surface area (Å²) < 4.78 is 12.7. The number of hydrogen-bond donors (Lipinski definition) is 1. The fourth-order valence-electron chi connectivity index (χ4n) is 7.30. The number of likely N-dealkylation sites (tertiary alicyclic amines) is 2. The standard InChI is InChI=1S/C30H44BN3O5/c1-20(35)26(36)33-15-11-30(12-16-33)24-10-9-21(31-38-28(2,3)29(4,5)39-31)17-25(24)34(27(30)37)23-18-22(19-23)32-13-7-6-8-14-32/h9-10,17,20,22-23,35H,6-8,11-16,18-19H2,1-5H3/t20-,22?,23?/m0/s1. The summed E-state index contributed by atoms with van der Waals surface area (Å²) in [4.78, 5) is 33.3. The molecule has 39 heavy (non-hydrogen) atoms. The highest BCUT2D eigenvalue weighted by Gasteiger charge is 2.57. The van der Waals surface area contributed by atoms with Crippen LogP contribution in [0.5, 0.6) is 0 Å². The summed E-state index contributed by atoms with van der Waals surface area (Å²) in [7, 11) is -0.484. The van der Waals surface area contributed by atoms with Gasteiger partial charge in [0.2, 0.25) is 5.91 Å². The van der Waals surface area contributed by atoms with E-state index in [4.69, 9.17) is 9.31 Å². The van der Waals surface area contributed by atoms with Gasteiger partial charge in [0.1, 0.15) is 6.10 Å². The Morgan fingerprint density at radius 3 is 2.18 bits per heavy atom. The van der Waals surface area contributed by atoms with E-state index in [0.717, 1.165) is 29.6 Å². The molecule has 0 radical (unpaired) electrons. The Morgan fingerprint density at radius 1 is 0.974 bits per heavy atom. The van der Waals surface area contributed by atoms with E-state index >= 15 is 0 Å². The van der Waals surface area contributed by atoms with Crippen LogP contribution in [0.25, 0.3) is 0 Å². The van der Waals surface area contributed by atoms with E-state index < -0.39 is 29.8 Å². The first-order chi connectivity index (χ1) is 18.4. The van der Waals surface area contributed by atoms with Crippen molar-refractivity contribution >= 4 is 30.1 Å². The third-order valence-electron chi connectivity index (χ3n) is 10.6. The predicted molar refractivity (Wildman–Crippen MR) is 151 cm³/mol. The minimum absolute atomic E-state index is 0.176. The minimum atomic E-state index is -1.02. The average Bonchev–Trinajstić information content (AvgIpc) is 3.24. The van der Waals surface area contributed by atoms with Gasteiger partial charge in [-0.3, -0.25) is 9.59 Å². The topological polar surface area (TPSA) is 82.6 Å². The monoisotopic (exact) mass is 537 g/mol. The third-order valence-corrected chi connectivity index (χ3v) is 10.6. The highest BCUT2D eigenvalue weighted by Crippen LogP contribution is 2.51. The van der Waals surface area contributed by atoms with Crippen LogP contribution in [0.2, 0.25) is 0 Å². The summed E-state index contributed by atoms with van der Waals surface area (Å²) in [5, 5.41) is 9.84. The van der Waals surface area contributed by atoms with Gasteiger partial charge < -0.3 is 29.1 Å². The summed E-state index contributed by atoms with van der Waals surface area (Å²) in [6.07, 6.45) is 6.01. The lowest BCUT2D eigenvalue weighted by atomic mass is 9.71. The van der Waals surface area contributed by atoms with Crippen molar-refractivity contribution in [1.29, 1.82) is 0 Å². The molecule has 1 saturated carbocycles. The maximum absolute atomic E-state index is 14.4. The van der Waals surface area contributed by atoms with Crippen LogP contribution in [-0.4, -0.2) is 89.4 Å². The molecule has 1 aromatic carbocycles. The molecule has 1 aliphatic carbocycles. The molecule has 8 nitrogen and oxygen atoms in total. The Bertz CT molecular complexity index is 1120. The smallest absolute Gasteiger partial charge is 0.399 e. The van der Waals surface area contributed by atoms with Crippen molar-refractivity contribution in [2.75, 3.05) is 31.1 Å². The lowest BCUT2D eigenvalue weighted by Gasteiger charge is -2.48. The van der Waals surface area contributed by atoms with Crippen LogP contribution in [-0.2, 0) is 24.3 Å². The van der Waals surface area contributed by atoms with E-state index in [1.807, 2.05) is 0 Å². The Hall–Kier alpha value is -1.94. The number of hydrogen-bond acceptors (Lipinski definition) is 6. The van der Waals surface area contributed by atoms with E-state index in [2.05, 4.69) is 55.7 Å². The number of amides is 2. The fourth-order valence-corrected chi connectivity index (χ4v) is 7.30. The number of rotatable bonds is 4. The number of fused-ring (bicyclic) bond motifs is 2. The van der Waals surface area contributed by atoms with Crippen molar-refractivity contribution < 1.29 is 24.0 Å². The highest BCUT2D eigenvalue weighted by atomic mass is 16.7. The van der Waals surface area contributed by atoms with E-state index in [-0.39, 0.29) is 17.9 Å². The van der Waals surface area contributed by atoms with E-state index in [9.17, 15) is 14.7 Å². The average molecular weight is 538 g/mol.